The number of para-hydroxylation sites is 2. The first-order chi connectivity index (χ1) is 11.6. The number of fused-ring (bicyclic) bond motifs is 1. The van der Waals surface area contributed by atoms with Gasteiger partial charge in [0.25, 0.3) is 0 Å². The molecule has 3 rings (SSSR count). The maximum atomic E-state index is 9.47. The molecule has 2 aromatic carbocycles. The molecule has 0 aliphatic heterocycles. The largest absolute Gasteiger partial charge is 0.457 e. The maximum absolute atomic E-state index is 9.47. The fourth-order valence-electron chi connectivity index (χ4n) is 1.85. The van der Waals surface area contributed by atoms with E-state index in [2.05, 4.69) is 15.1 Å². The van der Waals surface area contributed by atoms with Gasteiger partial charge in [-0.05, 0) is 30.3 Å². The van der Waals surface area contributed by atoms with Gasteiger partial charge < -0.3 is 10.5 Å². The van der Waals surface area contributed by atoms with Crippen LogP contribution in [0.3, 0.4) is 0 Å². The summed E-state index contributed by atoms with van der Waals surface area (Å²) in [6.45, 7) is 0. The molecular weight excluding hydrogens is 330 g/mol. The Bertz CT molecular complexity index is 960. The van der Waals surface area contributed by atoms with Crippen LogP contribution >= 0.6 is 0 Å². The summed E-state index contributed by atoms with van der Waals surface area (Å²) in [5.41, 5.74) is 5.24. The molecular formula is C16H13N3O4S. The zero-order valence-electron chi connectivity index (χ0n) is 12.4. The number of hydrogen-bond acceptors (Lipinski definition) is 5. The lowest BCUT2D eigenvalue weighted by Gasteiger charge is -2.07. The SMILES string of the molecule is NC(=O)N=S(=O)=O.c1ccc(Oc2ccnc3ccccc23)cc1. The van der Waals surface area contributed by atoms with Gasteiger partial charge in [-0.15, -0.1) is 0 Å². The van der Waals surface area contributed by atoms with E-state index in [1.54, 1.807) is 6.20 Å². The topological polar surface area (TPSA) is 112 Å². The van der Waals surface area contributed by atoms with Crippen molar-refractivity contribution in [3.8, 4) is 11.5 Å². The smallest absolute Gasteiger partial charge is 0.353 e. The Morgan fingerprint density at radius 2 is 1.67 bits per heavy atom. The summed E-state index contributed by atoms with van der Waals surface area (Å²) < 4.78 is 26.9. The molecule has 0 saturated heterocycles. The van der Waals surface area contributed by atoms with Crippen molar-refractivity contribution >= 4 is 27.4 Å². The van der Waals surface area contributed by atoms with Crippen LogP contribution in [0.1, 0.15) is 0 Å². The van der Waals surface area contributed by atoms with Gasteiger partial charge in [0.15, 0.2) is 0 Å². The van der Waals surface area contributed by atoms with Gasteiger partial charge in [-0.2, -0.15) is 8.42 Å². The number of amides is 2. The molecule has 8 heteroatoms. The molecule has 24 heavy (non-hydrogen) atoms. The molecule has 0 bridgehead atoms. The van der Waals surface area contributed by atoms with Gasteiger partial charge in [-0.3, -0.25) is 4.98 Å². The molecule has 0 aliphatic carbocycles. The predicted octanol–water partition coefficient (Wildman–Crippen LogP) is 3.15. The van der Waals surface area contributed by atoms with Crippen LogP contribution in [0.25, 0.3) is 10.9 Å². The number of carbonyl (C=O) groups excluding carboxylic acids is 1. The number of ether oxygens (including phenoxy) is 1. The first-order valence-electron chi connectivity index (χ1n) is 6.73. The van der Waals surface area contributed by atoms with Crippen LogP contribution in [0.5, 0.6) is 11.5 Å². The van der Waals surface area contributed by atoms with Crippen molar-refractivity contribution in [2.24, 2.45) is 10.1 Å². The summed E-state index contributed by atoms with van der Waals surface area (Å²) in [7, 11) is -2.70. The number of hydrogen-bond donors (Lipinski definition) is 1. The Hall–Kier alpha value is -3.26. The van der Waals surface area contributed by atoms with Gasteiger partial charge in [0, 0.05) is 11.6 Å². The highest BCUT2D eigenvalue weighted by atomic mass is 32.2. The van der Waals surface area contributed by atoms with E-state index in [0.29, 0.717) is 0 Å². The average Bonchev–Trinajstić information content (AvgIpc) is 2.55. The molecule has 0 atom stereocenters. The van der Waals surface area contributed by atoms with Crippen LogP contribution < -0.4 is 10.5 Å². The van der Waals surface area contributed by atoms with E-state index < -0.39 is 16.5 Å². The highest BCUT2D eigenvalue weighted by Gasteiger charge is 2.02. The molecule has 2 amide bonds. The van der Waals surface area contributed by atoms with Crippen LogP contribution in [0.15, 0.2) is 71.2 Å². The van der Waals surface area contributed by atoms with E-state index in [4.69, 9.17) is 4.74 Å². The molecule has 0 aliphatic rings. The third-order valence-corrected chi connectivity index (χ3v) is 3.07. The fraction of sp³-hybridized carbons (Fsp3) is 0. The predicted molar refractivity (Wildman–Crippen MR) is 89.2 cm³/mol. The molecule has 3 aromatic rings. The fourth-order valence-corrected chi connectivity index (χ4v) is 1.99. The van der Waals surface area contributed by atoms with Crippen molar-refractivity contribution in [1.82, 2.24) is 4.98 Å². The van der Waals surface area contributed by atoms with E-state index in [1.165, 1.54) is 0 Å². The Kier molecular flexibility index (Phi) is 5.98. The number of aromatic nitrogens is 1. The number of urea groups is 1. The van der Waals surface area contributed by atoms with E-state index in [0.717, 1.165) is 22.4 Å². The normalized spacial score (nSPS) is 9.50. The minimum absolute atomic E-state index is 0.835. The second-order valence-corrected chi connectivity index (χ2v) is 5.00. The molecule has 122 valence electrons. The highest BCUT2D eigenvalue weighted by molar-refractivity contribution is 7.62. The summed E-state index contributed by atoms with van der Waals surface area (Å²) in [5.74, 6) is 1.67. The molecule has 0 radical (unpaired) electrons. The number of benzene rings is 2. The van der Waals surface area contributed by atoms with Gasteiger partial charge in [-0.1, -0.05) is 34.7 Å². The molecule has 0 unspecified atom stereocenters. The van der Waals surface area contributed by atoms with Crippen molar-refractivity contribution in [3.05, 3.63) is 66.9 Å². The first-order valence-corrected chi connectivity index (χ1v) is 7.76. The standard InChI is InChI=1S/C15H11NO.CH2N2O3S/c1-2-6-12(7-3-1)17-15-10-11-16-14-9-5-4-8-13(14)15;2-1(4)3-7(5)6/h1-11H;(H2,2,4). The Balaban J connectivity index is 0.000000256. The lowest BCUT2D eigenvalue weighted by atomic mass is 10.2. The molecule has 7 nitrogen and oxygen atoms in total. The zero-order chi connectivity index (χ0) is 17.4. The second-order valence-electron chi connectivity index (χ2n) is 4.39. The first kappa shape index (κ1) is 17.1. The number of rotatable bonds is 2. The number of nitrogens with two attached hydrogens (primary N) is 1. The number of primary amides is 1. The zero-order valence-corrected chi connectivity index (χ0v) is 13.2. The third-order valence-electron chi connectivity index (χ3n) is 2.74. The minimum atomic E-state index is -2.70. The van der Waals surface area contributed by atoms with Crippen LogP contribution in [0, 0.1) is 0 Å². The average molecular weight is 343 g/mol. The van der Waals surface area contributed by atoms with E-state index in [9.17, 15) is 13.2 Å². The molecule has 1 heterocycles. The molecule has 1 aromatic heterocycles. The number of pyridine rings is 1. The van der Waals surface area contributed by atoms with Crippen LogP contribution in [-0.4, -0.2) is 19.4 Å². The number of nitrogens with zero attached hydrogens (tertiary/aromatic N) is 2. The summed E-state index contributed by atoms with van der Waals surface area (Å²) in [5, 5.41) is 1.03. The number of carbonyl (C=O) groups is 1. The minimum Gasteiger partial charge on any atom is -0.457 e. The lowest BCUT2D eigenvalue weighted by molar-refractivity contribution is 0.257. The highest BCUT2D eigenvalue weighted by Crippen LogP contribution is 2.28. The van der Waals surface area contributed by atoms with Gasteiger partial charge in [0.1, 0.15) is 11.5 Å². The van der Waals surface area contributed by atoms with E-state index >= 15 is 0 Å². The van der Waals surface area contributed by atoms with E-state index in [1.807, 2.05) is 60.7 Å². The van der Waals surface area contributed by atoms with Crippen molar-refractivity contribution in [1.29, 1.82) is 0 Å². The van der Waals surface area contributed by atoms with E-state index in [-0.39, 0.29) is 0 Å². The Morgan fingerprint density at radius 1 is 1.00 bits per heavy atom. The third kappa shape index (κ3) is 5.18. The van der Waals surface area contributed by atoms with Gasteiger partial charge in [0.05, 0.1) is 5.52 Å². The van der Waals surface area contributed by atoms with Crippen LogP contribution in [0.2, 0.25) is 0 Å². The summed E-state index contributed by atoms with van der Waals surface area (Å²) in [6.07, 6.45) is 1.76. The Labute approximate surface area is 139 Å². The molecule has 0 spiro atoms. The summed E-state index contributed by atoms with van der Waals surface area (Å²) in [4.78, 5) is 13.8. The molecule has 0 saturated carbocycles. The molecule has 2 N–H and O–H groups in total. The van der Waals surface area contributed by atoms with Crippen molar-refractivity contribution in [3.63, 3.8) is 0 Å². The molecule has 0 fully saturated rings. The van der Waals surface area contributed by atoms with Crippen molar-refractivity contribution < 1.29 is 17.9 Å². The van der Waals surface area contributed by atoms with Crippen LogP contribution in [-0.2, 0) is 10.5 Å². The van der Waals surface area contributed by atoms with Crippen molar-refractivity contribution in [2.75, 3.05) is 0 Å². The maximum Gasteiger partial charge on any atom is 0.353 e. The lowest BCUT2D eigenvalue weighted by Crippen LogP contribution is -2.02. The van der Waals surface area contributed by atoms with Gasteiger partial charge >= 0.3 is 16.5 Å². The van der Waals surface area contributed by atoms with Crippen molar-refractivity contribution in [2.45, 2.75) is 0 Å². The monoisotopic (exact) mass is 343 g/mol. The Morgan fingerprint density at radius 3 is 2.29 bits per heavy atom. The summed E-state index contributed by atoms with van der Waals surface area (Å²) in [6, 6.07) is 18.4. The second kappa shape index (κ2) is 8.39. The van der Waals surface area contributed by atoms with Crippen LogP contribution in [0.4, 0.5) is 4.79 Å². The van der Waals surface area contributed by atoms with Gasteiger partial charge in [0.2, 0.25) is 0 Å². The van der Waals surface area contributed by atoms with Gasteiger partial charge in [-0.25, -0.2) is 4.79 Å². The summed E-state index contributed by atoms with van der Waals surface area (Å²) >= 11 is 0. The quantitative estimate of drug-likeness (QED) is 0.768.